The lowest BCUT2D eigenvalue weighted by Gasteiger charge is -2.34. The number of benzene rings is 2. The lowest BCUT2D eigenvalue weighted by atomic mass is 9.89. The van der Waals surface area contributed by atoms with Crippen molar-refractivity contribution in [3.63, 3.8) is 0 Å². The lowest BCUT2D eigenvalue weighted by Crippen LogP contribution is -2.46. The van der Waals surface area contributed by atoms with Crippen LogP contribution in [0.5, 0.6) is 0 Å². The summed E-state index contributed by atoms with van der Waals surface area (Å²) in [7, 11) is 0. The van der Waals surface area contributed by atoms with Gasteiger partial charge in [0.15, 0.2) is 0 Å². The predicted molar refractivity (Wildman–Crippen MR) is 107 cm³/mol. The Morgan fingerprint density at radius 3 is 2.25 bits per heavy atom. The summed E-state index contributed by atoms with van der Waals surface area (Å²) in [6.45, 7) is 1.61. The van der Waals surface area contributed by atoms with E-state index in [4.69, 9.17) is 11.6 Å². The maximum absolute atomic E-state index is 13.1. The molecular weight excluding hydrogens is 379 g/mol. The van der Waals surface area contributed by atoms with Gasteiger partial charge in [-0.1, -0.05) is 23.7 Å². The summed E-state index contributed by atoms with van der Waals surface area (Å²) in [5.74, 6) is -0.238. The monoisotopic (exact) mass is 400 g/mol. The highest BCUT2D eigenvalue weighted by atomic mass is 35.5. The van der Waals surface area contributed by atoms with E-state index in [1.165, 1.54) is 34.7 Å². The zero-order valence-electron chi connectivity index (χ0n) is 15.5. The lowest BCUT2D eigenvalue weighted by molar-refractivity contribution is -0.123. The standard InChI is InChI=1S/C22H22ClFN2O2/c23-17-3-1-15(2-4-17)13-16-9-11-25(12-10-16)20-14-21(27)26(22(20)28)19-7-5-18(24)6-8-19/h1-8,16,20H,9-14H2/t20-/m0/s1. The Balaban J connectivity index is 1.37. The molecule has 0 spiro atoms. The van der Waals surface area contributed by atoms with Gasteiger partial charge in [0.2, 0.25) is 5.91 Å². The molecule has 1 atom stereocenters. The van der Waals surface area contributed by atoms with Crippen LogP contribution in [0.1, 0.15) is 24.8 Å². The van der Waals surface area contributed by atoms with Gasteiger partial charge in [0.1, 0.15) is 5.82 Å². The number of piperidine rings is 1. The fraction of sp³-hybridized carbons (Fsp3) is 0.364. The Bertz CT molecular complexity index is 861. The topological polar surface area (TPSA) is 40.6 Å². The largest absolute Gasteiger partial charge is 0.292 e. The van der Waals surface area contributed by atoms with Gasteiger partial charge in [-0.15, -0.1) is 0 Å². The van der Waals surface area contributed by atoms with Crippen LogP contribution < -0.4 is 4.90 Å². The highest BCUT2D eigenvalue weighted by Gasteiger charge is 2.43. The van der Waals surface area contributed by atoms with E-state index in [-0.39, 0.29) is 24.1 Å². The van der Waals surface area contributed by atoms with E-state index in [9.17, 15) is 14.0 Å². The van der Waals surface area contributed by atoms with E-state index in [0.717, 1.165) is 37.4 Å². The summed E-state index contributed by atoms with van der Waals surface area (Å²) in [5, 5.41) is 0.744. The molecule has 0 aromatic heterocycles. The molecule has 0 aliphatic carbocycles. The Morgan fingerprint density at radius 2 is 1.61 bits per heavy atom. The van der Waals surface area contributed by atoms with Crippen molar-refractivity contribution < 1.29 is 14.0 Å². The van der Waals surface area contributed by atoms with Gasteiger partial charge in [-0.2, -0.15) is 0 Å². The van der Waals surface area contributed by atoms with E-state index in [1.807, 2.05) is 12.1 Å². The van der Waals surface area contributed by atoms with Gasteiger partial charge in [0, 0.05) is 5.02 Å². The maximum atomic E-state index is 13.1. The molecule has 146 valence electrons. The van der Waals surface area contributed by atoms with Gasteiger partial charge >= 0.3 is 0 Å². The first-order valence-corrected chi connectivity index (χ1v) is 10.00. The molecule has 4 nitrogen and oxygen atoms in total. The molecule has 2 saturated heterocycles. The van der Waals surface area contributed by atoms with Crippen molar-refractivity contribution in [2.75, 3.05) is 18.0 Å². The van der Waals surface area contributed by atoms with Crippen molar-refractivity contribution in [1.82, 2.24) is 4.90 Å². The minimum atomic E-state index is -0.408. The summed E-state index contributed by atoms with van der Waals surface area (Å²) in [4.78, 5) is 28.6. The second kappa shape index (κ2) is 8.02. The average Bonchev–Trinajstić information content (AvgIpc) is 2.99. The Hall–Kier alpha value is -2.24. The SMILES string of the molecule is O=C1C[C@H](N2CCC(Cc3ccc(Cl)cc3)CC2)C(=O)N1c1ccc(F)cc1. The third kappa shape index (κ3) is 3.96. The average molecular weight is 401 g/mol. The van der Waals surface area contributed by atoms with Gasteiger partial charge in [-0.25, -0.2) is 9.29 Å². The second-order valence-corrected chi connectivity index (χ2v) is 8.01. The molecule has 2 aliphatic heterocycles. The van der Waals surface area contributed by atoms with Crippen LogP contribution in [0.3, 0.4) is 0 Å². The van der Waals surface area contributed by atoms with Crippen LogP contribution in [0.4, 0.5) is 10.1 Å². The number of carbonyl (C=O) groups is 2. The van der Waals surface area contributed by atoms with E-state index in [2.05, 4.69) is 17.0 Å². The molecule has 2 amide bonds. The number of amides is 2. The molecular formula is C22H22ClFN2O2. The van der Waals surface area contributed by atoms with Crippen molar-refractivity contribution in [3.8, 4) is 0 Å². The van der Waals surface area contributed by atoms with E-state index < -0.39 is 6.04 Å². The first-order valence-electron chi connectivity index (χ1n) is 9.62. The minimum Gasteiger partial charge on any atom is -0.292 e. The highest BCUT2D eigenvalue weighted by Crippen LogP contribution is 2.30. The molecule has 2 fully saturated rings. The Morgan fingerprint density at radius 1 is 0.964 bits per heavy atom. The van der Waals surface area contributed by atoms with Crippen LogP contribution in [0, 0.1) is 11.7 Å². The third-order valence-corrected chi connectivity index (χ3v) is 5.99. The first kappa shape index (κ1) is 19.1. The molecule has 4 rings (SSSR count). The summed E-state index contributed by atoms with van der Waals surface area (Å²) in [5.41, 5.74) is 1.72. The van der Waals surface area contributed by atoms with Crippen molar-refractivity contribution in [1.29, 1.82) is 0 Å². The van der Waals surface area contributed by atoms with Crippen LogP contribution in [0.25, 0.3) is 0 Å². The second-order valence-electron chi connectivity index (χ2n) is 7.57. The molecule has 2 aliphatic rings. The van der Waals surface area contributed by atoms with Crippen LogP contribution in [-0.4, -0.2) is 35.8 Å². The summed E-state index contributed by atoms with van der Waals surface area (Å²) in [6, 6.07) is 13.0. The molecule has 0 unspecified atom stereocenters. The number of nitrogens with zero attached hydrogens (tertiary/aromatic N) is 2. The zero-order chi connectivity index (χ0) is 19.7. The quantitative estimate of drug-likeness (QED) is 0.726. The maximum Gasteiger partial charge on any atom is 0.251 e. The van der Waals surface area contributed by atoms with E-state index in [0.29, 0.717) is 11.6 Å². The number of anilines is 1. The number of imide groups is 1. The zero-order valence-corrected chi connectivity index (χ0v) is 16.2. The van der Waals surface area contributed by atoms with Gasteiger partial charge in [0.05, 0.1) is 18.2 Å². The smallest absolute Gasteiger partial charge is 0.251 e. The number of hydrogen-bond donors (Lipinski definition) is 0. The summed E-state index contributed by atoms with van der Waals surface area (Å²) >= 11 is 5.95. The van der Waals surface area contributed by atoms with Crippen molar-refractivity contribution >= 4 is 29.1 Å². The molecule has 0 bridgehead atoms. The minimum absolute atomic E-state index is 0.193. The molecule has 0 saturated carbocycles. The molecule has 0 N–H and O–H groups in total. The van der Waals surface area contributed by atoms with Crippen LogP contribution in [-0.2, 0) is 16.0 Å². The normalized spacial score (nSPS) is 21.5. The molecule has 2 aromatic rings. The number of halogens is 2. The Labute approximate surface area is 168 Å². The summed E-state index contributed by atoms with van der Waals surface area (Å²) in [6.07, 6.45) is 3.19. The molecule has 28 heavy (non-hydrogen) atoms. The molecule has 2 heterocycles. The number of hydrogen-bond acceptors (Lipinski definition) is 3. The van der Waals surface area contributed by atoms with E-state index in [1.54, 1.807) is 0 Å². The van der Waals surface area contributed by atoms with Gasteiger partial charge in [0.25, 0.3) is 5.91 Å². The summed E-state index contributed by atoms with van der Waals surface area (Å²) < 4.78 is 13.1. The van der Waals surface area contributed by atoms with Crippen LogP contribution in [0.15, 0.2) is 48.5 Å². The predicted octanol–water partition coefficient (Wildman–Crippen LogP) is 4.07. The van der Waals surface area contributed by atoms with Crippen molar-refractivity contribution in [2.45, 2.75) is 31.7 Å². The number of carbonyl (C=O) groups excluding carboxylic acids is 2. The van der Waals surface area contributed by atoms with Gasteiger partial charge in [-0.3, -0.25) is 14.5 Å². The van der Waals surface area contributed by atoms with Crippen LogP contribution in [0.2, 0.25) is 5.02 Å². The fourth-order valence-corrected chi connectivity index (χ4v) is 4.31. The number of rotatable bonds is 4. The first-order chi connectivity index (χ1) is 13.5. The number of likely N-dealkylation sites (tertiary alicyclic amines) is 1. The van der Waals surface area contributed by atoms with Crippen molar-refractivity contribution in [2.24, 2.45) is 5.92 Å². The van der Waals surface area contributed by atoms with Crippen molar-refractivity contribution in [3.05, 3.63) is 64.9 Å². The van der Waals surface area contributed by atoms with Crippen LogP contribution >= 0.6 is 11.6 Å². The molecule has 6 heteroatoms. The Kier molecular flexibility index (Phi) is 5.47. The van der Waals surface area contributed by atoms with Gasteiger partial charge < -0.3 is 0 Å². The fourth-order valence-electron chi connectivity index (χ4n) is 4.19. The van der Waals surface area contributed by atoms with E-state index >= 15 is 0 Å². The highest BCUT2D eigenvalue weighted by molar-refractivity contribution is 6.30. The molecule has 0 radical (unpaired) electrons. The van der Waals surface area contributed by atoms with Gasteiger partial charge in [-0.05, 0) is 80.2 Å². The third-order valence-electron chi connectivity index (χ3n) is 5.74. The molecule has 2 aromatic carbocycles.